The number of nitrogens with two attached hydrogens (primary N) is 1. The van der Waals surface area contributed by atoms with Crippen LogP contribution >= 0.6 is 24.8 Å². The number of anilines is 1. The molecule has 10 heteroatoms. The van der Waals surface area contributed by atoms with Crippen molar-refractivity contribution in [3.8, 4) is 0 Å². The van der Waals surface area contributed by atoms with Gasteiger partial charge in [-0.1, -0.05) is 30.3 Å². The predicted molar refractivity (Wildman–Crippen MR) is 139 cm³/mol. The van der Waals surface area contributed by atoms with Gasteiger partial charge in [-0.15, -0.1) is 24.8 Å². The Morgan fingerprint density at radius 2 is 1.69 bits per heavy atom. The number of benzene rings is 2. The maximum atomic E-state index is 12.8. The van der Waals surface area contributed by atoms with Gasteiger partial charge in [-0.25, -0.2) is 0 Å². The molecule has 1 heterocycles. The molecule has 0 unspecified atom stereocenters. The molecule has 0 fully saturated rings. The van der Waals surface area contributed by atoms with Gasteiger partial charge in [0.05, 0.1) is 5.92 Å². The van der Waals surface area contributed by atoms with E-state index in [1.165, 1.54) is 0 Å². The van der Waals surface area contributed by atoms with Crippen LogP contribution in [0.25, 0.3) is 10.8 Å². The molecule has 35 heavy (non-hydrogen) atoms. The average molecular weight is 522 g/mol. The number of ether oxygens (including phenoxy) is 1. The number of aliphatic carboxylic acids is 1. The largest absolute Gasteiger partial charge is 0.481 e. The lowest BCUT2D eigenvalue weighted by Crippen LogP contribution is -2.27. The molecular weight excluding hydrogens is 493 g/mol. The summed E-state index contributed by atoms with van der Waals surface area (Å²) in [4.78, 5) is 39.2. The highest BCUT2D eigenvalue weighted by atomic mass is 35.5. The number of carboxylic acid groups (broad SMARTS) is 1. The fourth-order valence-corrected chi connectivity index (χ4v) is 3.41. The number of esters is 1. The van der Waals surface area contributed by atoms with E-state index in [2.05, 4.69) is 10.3 Å². The van der Waals surface area contributed by atoms with Crippen LogP contribution in [0.15, 0.2) is 60.9 Å². The van der Waals surface area contributed by atoms with Crippen molar-refractivity contribution in [2.45, 2.75) is 38.2 Å². The van der Waals surface area contributed by atoms with E-state index in [1.807, 2.05) is 24.3 Å². The van der Waals surface area contributed by atoms with Crippen molar-refractivity contribution in [2.24, 2.45) is 5.73 Å². The topological polar surface area (TPSA) is 132 Å². The molecule has 0 saturated carbocycles. The van der Waals surface area contributed by atoms with Gasteiger partial charge < -0.3 is 20.9 Å². The fraction of sp³-hybridized carbons (Fsp3) is 0.280. The molecule has 2 aromatic carbocycles. The lowest BCUT2D eigenvalue weighted by atomic mass is 9.97. The van der Waals surface area contributed by atoms with Crippen molar-refractivity contribution < 1.29 is 24.2 Å². The van der Waals surface area contributed by atoms with Crippen molar-refractivity contribution in [2.75, 3.05) is 11.9 Å². The first-order chi connectivity index (χ1) is 16.0. The molecule has 0 aliphatic carbocycles. The number of rotatable bonds is 11. The summed E-state index contributed by atoms with van der Waals surface area (Å²) >= 11 is 0. The van der Waals surface area contributed by atoms with Crippen molar-refractivity contribution in [3.05, 3.63) is 72.1 Å². The Kier molecular flexibility index (Phi) is 12.7. The average Bonchev–Trinajstić information content (AvgIpc) is 2.81. The van der Waals surface area contributed by atoms with Crippen LogP contribution in [-0.2, 0) is 25.7 Å². The molecule has 3 rings (SSSR count). The summed E-state index contributed by atoms with van der Waals surface area (Å²) in [6, 6.07) is 14.7. The van der Waals surface area contributed by atoms with Gasteiger partial charge in [0, 0.05) is 42.9 Å². The summed E-state index contributed by atoms with van der Waals surface area (Å²) in [6.45, 7) is 0.261. The number of pyridine rings is 1. The summed E-state index contributed by atoms with van der Waals surface area (Å²) in [5.74, 6) is -1.96. The second-order valence-electron chi connectivity index (χ2n) is 7.72. The summed E-state index contributed by atoms with van der Waals surface area (Å²) in [7, 11) is 0. The van der Waals surface area contributed by atoms with Crippen LogP contribution in [0.5, 0.6) is 0 Å². The second kappa shape index (κ2) is 14.9. The zero-order valence-corrected chi connectivity index (χ0v) is 20.6. The number of amides is 1. The quantitative estimate of drug-likeness (QED) is 0.251. The lowest BCUT2D eigenvalue weighted by Gasteiger charge is -2.16. The van der Waals surface area contributed by atoms with Crippen molar-refractivity contribution in [3.63, 3.8) is 0 Å². The molecule has 4 N–H and O–H groups in total. The Morgan fingerprint density at radius 3 is 2.37 bits per heavy atom. The summed E-state index contributed by atoms with van der Waals surface area (Å²) in [5.41, 5.74) is 8.13. The van der Waals surface area contributed by atoms with Gasteiger partial charge in [0.1, 0.15) is 6.61 Å². The molecule has 0 spiro atoms. The van der Waals surface area contributed by atoms with Crippen LogP contribution in [-0.4, -0.2) is 34.5 Å². The van der Waals surface area contributed by atoms with Crippen LogP contribution in [0.1, 0.15) is 42.7 Å². The smallest absolute Gasteiger partial charge is 0.306 e. The lowest BCUT2D eigenvalue weighted by molar-refractivity contribution is -0.145. The van der Waals surface area contributed by atoms with Gasteiger partial charge in [0.15, 0.2) is 0 Å². The SMILES string of the molecule is Cl.Cl.NC[C@@H](C(=O)Nc1ccc2cnccc2c1)c1ccc(COC(=O)CCCCC(=O)O)cc1. The number of carbonyl (C=O) groups excluding carboxylic acids is 2. The van der Waals surface area contributed by atoms with Crippen LogP contribution < -0.4 is 11.1 Å². The van der Waals surface area contributed by atoms with Gasteiger partial charge in [0.25, 0.3) is 0 Å². The predicted octanol–water partition coefficient (Wildman–Crippen LogP) is 4.45. The molecule has 188 valence electrons. The number of halogens is 2. The van der Waals surface area contributed by atoms with Crippen molar-refractivity contribution >= 4 is 59.1 Å². The van der Waals surface area contributed by atoms with Crippen LogP contribution in [0.3, 0.4) is 0 Å². The highest BCUT2D eigenvalue weighted by molar-refractivity contribution is 5.98. The molecule has 0 aliphatic heterocycles. The van der Waals surface area contributed by atoms with Gasteiger partial charge in [-0.05, 0) is 47.6 Å². The monoisotopic (exact) mass is 521 g/mol. The summed E-state index contributed by atoms with van der Waals surface area (Å²) in [6.07, 6.45) is 4.62. The molecule has 1 aromatic heterocycles. The Morgan fingerprint density at radius 1 is 0.971 bits per heavy atom. The Hall–Kier alpha value is -3.20. The minimum absolute atomic E-state index is 0. The van der Waals surface area contributed by atoms with E-state index in [-0.39, 0.29) is 62.7 Å². The number of hydrogen-bond acceptors (Lipinski definition) is 6. The highest BCUT2D eigenvalue weighted by Crippen LogP contribution is 2.22. The second-order valence-corrected chi connectivity index (χ2v) is 7.72. The molecule has 8 nitrogen and oxygen atoms in total. The molecule has 1 atom stereocenters. The zero-order chi connectivity index (χ0) is 23.6. The van der Waals surface area contributed by atoms with Crippen molar-refractivity contribution in [1.29, 1.82) is 0 Å². The summed E-state index contributed by atoms with van der Waals surface area (Å²) < 4.78 is 5.23. The van der Waals surface area contributed by atoms with E-state index in [0.29, 0.717) is 18.5 Å². The number of aromatic nitrogens is 1. The molecule has 3 aromatic rings. The maximum Gasteiger partial charge on any atom is 0.306 e. The number of hydrogen-bond donors (Lipinski definition) is 3. The maximum absolute atomic E-state index is 12.8. The first kappa shape index (κ1) is 29.8. The number of nitrogens with zero attached hydrogens (tertiary/aromatic N) is 1. The third-order valence-electron chi connectivity index (χ3n) is 5.26. The zero-order valence-electron chi connectivity index (χ0n) is 19.0. The number of unbranched alkanes of at least 4 members (excludes halogenated alkanes) is 1. The minimum atomic E-state index is -0.872. The normalized spacial score (nSPS) is 11.0. The Labute approximate surface area is 216 Å². The first-order valence-corrected chi connectivity index (χ1v) is 10.8. The number of fused-ring (bicyclic) bond motifs is 1. The molecule has 0 bridgehead atoms. The van der Waals surface area contributed by atoms with E-state index in [0.717, 1.165) is 21.9 Å². The third-order valence-corrected chi connectivity index (χ3v) is 5.26. The van der Waals surface area contributed by atoms with Gasteiger partial charge in [0.2, 0.25) is 5.91 Å². The van der Waals surface area contributed by atoms with E-state index < -0.39 is 11.9 Å². The number of nitrogens with one attached hydrogen (secondary N) is 1. The molecule has 0 aliphatic rings. The Bertz CT molecular complexity index is 1130. The molecule has 1 amide bonds. The van der Waals surface area contributed by atoms with Gasteiger partial charge in [-0.2, -0.15) is 0 Å². The van der Waals surface area contributed by atoms with Crippen LogP contribution in [0, 0.1) is 0 Å². The van der Waals surface area contributed by atoms with Gasteiger partial charge >= 0.3 is 11.9 Å². The van der Waals surface area contributed by atoms with E-state index in [9.17, 15) is 14.4 Å². The van der Waals surface area contributed by atoms with E-state index >= 15 is 0 Å². The number of carboxylic acids is 1. The van der Waals surface area contributed by atoms with Crippen LogP contribution in [0.2, 0.25) is 0 Å². The first-order valence-electron chi connectivity index (χ1n) is 10.8. The van der Waals surface area contributed by atoms with E-state index in [1.54, 1.807) is 36.7 Å². The Balaban J connectivity index is 0.00000306. The van der Waals surface area contributed by atoms with Crippen molar-refractivity contribution in [1.82, 2.24) is 4.98 Å². The standard InChI is InChI=1S/C25H27N3O5.2ClH/c26-14-22(25(32)28-21-10-9-20-15-27-12-11-19(20)13-21)18-7-5-17(6-8-18)16-33-24(31)4-2-1-3-23(29)30;;/h5-13,15,22H,1-4,14,16,26H2,(H,28,32)(H,29,30);2*1H/t22-;;/m1../s1. The third kappa shape index (κ3) is 9.16. The van der Waals surface area contributed by atoms with Crippen LogP contribution in [0.4, 0.5) is 5.69 Å². The molecule has 0 radical (unpaired) electrons. The summed E-state index contributed by atoms with van der Waals surface area (Å²) in [5, 5.41) is 13.5. The molecule has 0 saturated heterocycles. The molecular formula is C25H29Cl2N3O5. The fourth-order valence-electron chi connectivity index (χ4n) is 3.41. The minimum Gasteiger partial charge on any atom is -0.481 e. The number of carbonyl (C=O) groups is 3. The highest BCUT2D eigenvalue weighted by Gasteiger charge is 2.19. The van der Waals surface area contributed by atoms with E-state index in [4.69, 9.17) is 15.6 Å². The van der Waals surface area contributed by atoms with Gasteiger partial charge in [-0.3, -0.25) is 19.4 Å².